The molecule has 6 atom stereocenters. The first-order valence-electron chi connectivity index (χ1n) is 15.3. The van der Waals surface area contributed by atoms with Crippen molar-refractivity contribution in [1.29, 1.82) is 0 Å². The summed E-state index contributed by atoms with van der Waals surface area (Å²) in [5.41, 5.74) is -0.408. The molecule has 1 unspecified atom stereocenters. The molecule has 42 heavy (non-hydrogen) atoms. The van der Waals surface area contributed by atoms with Crippen molar-refractivity contribution in [2.75, 3.05) is 59.2 Å². The van der Waals surface area contributed by atoms with E-state index in [9.17, 15) is 19.5 Å². The Balaban J connectivity index is 1.37. The molecule has 3 saturated heterocycles. The second-order valence-electron chi connectivity index (χ2n) is 11.8. The Labute approximate surface area is 246 Å². The van der Waals surface area contributed by atoms with Crippen LogP contribution in [0.1, 0.15) is 24.8 Å². The first-order chi connectivity index (χ1) is 20.5. The summed E-state index contributed by atoms with van der Waals surface area (Å²) in [6.45, 7) is 4.46. The molecule has 2 amide bonds. The van der Waals surface area contributed by atoms with E-state index in [2.05, 4.69) is 4.90 Å². The number of nitrogens with zero attached hydrogens (tertiary/aromatic N) is 3. The highest BCUT2D eigenvalue weighted by Crippen LogP contribution is 2.53. The lowest BCUT2D eigenvalue weighted by atomic mass is 9.78. The van der Waals surface area contributed by atoms with Crippen LogP contribution in [0.5, 0.6) is 0 Å². The Morgan fingerprint density at radius 3 is 2.57 bits per heavy atom. The normalized spacial score (nSPS) is 33.4. The Hall–Kier alpha value is -3.05. The summed E-state index contributed by atoms with van der Waals surface area (Å²) >= 11 is 0. The van der Waals surface area contributed by atoms with Gasteiger partial charge >= 0.3 is 5.97 Å². The fourth-order valence-electron chi connectivity index (χ4n) is 7.22. The fraction of sp³-hybridized carbons (Fsp3) is 0.594. The molecule has 10 heteroatoms. The van der Waals surface area contributed by atoms with Crippen LogP contribution in [0.4, 0.5) is 0 Å². The number of rotatable bonds is 7. The lowest BCUT2D eigenvalue weighted by molar-refractivity contribution is -0.156. The number of fused-ring (bicyclic) bond motifs is 2. The van der Waals surface area contributed by atoms with Crippen molar-refractivity contribution < 1.29 is 33.7 Å². The third-order valence-electron chi connectivity index (χ3n) is 9.33. The number of benzene rings is 1. The molecule has 1 aromatic carbocycles. The lowest BCUT2D eigenvalue weighted by Gasteiger charge is -2.39. The number of cyclic esters (lactones) is 1. The van der Waals surface area contributed by atoms with E-state index in [1.807, 2.05) is 54.6 Å². The highest BCUT2D eigenvalue weighted by atomic mass is 16.6. The van der Waals surface area contributed by atoms with Gasteiger partial charge in [0.1, 0.15) is 17.6 Å². The number of hydrogen-bond acceptors (Lipinski definition) is 8. The number of hydrogen-bond donors (Lipinski definition) is 1. The molecule has 0 aromatic heterocycles. The number of carbonyl (C=O) groups excluding carboxylic acids is 3. The van der Waals surface area contributed by atoms with Gasteiger partial charge in [-0.15, -0.1) is 0 Å². The van der Waals surface area contributed by atoms with Gasteiger partial charge in [0.2, 0.25) is 11.8 Å². The van der Waals surface area contributed by atoms with Crippen LogP contribution in [-0.4, -0.2) is 121 Å². The Morgan fingerprint density at radius 1 is 0.976 bits per heavy atom. The molecule has 5 aliphatic heterocycles. The molecule has 226 valence electrons. The summed E-state index contributed by atoms with van der Waals surface area (Å²) in [6, 6.07) is 7.94. The highest BCUT2D eigenvalue weighted by molar-refractivity contribution is 5.99. The quantitative estimate of drug-likeness (QED) is 0.379. The van der Waals surface area contributed by atoms with Gasteiger partial charge in [-0.05, 0) is 31.2 Å². The maximum Gasteiger partial charge on any atom is 0.312 e. The highest BCUT2D eigenvalue weighted by Gasteiger charge is 2.72. The zero-order valence-corrected chi connectivity index (χ0v) is 24.0. The third kappa shape index (κ3) is 5.41. The Morgan fingerprint density at radius 2 is 1.79 bits per heavy atom. The minimum atomic E-state index is -1.35. The molecule has 1 spiro atoms. The van der Waals surface area contributed by atoms with E-state index >= 15 is 0 Å². The molecular weight excluding hydrogens is 538 g/mol. The van der Waals surface area contributed by atoms with Gasteiger partial charge in [-0.25, -0.2) is 0 Å². The standard InChI is InChI=1S/C32H41N3O7/c36-22-24(21-23-9-4-3-5-10-23)35-28-30(38)34(15-14-33-16-19-40-20-17-33)13-8-12-32(28)27(29(35)37)26-25(42-32)11-6-1-2-7-18-41-31(26)39/h3-6,8-12,24-28,36H,1-2,7,13-22H2/b11-6-/t24-,25-,26+,27+,28?,32+/m1/s1. The number of ether oxygens (including phenoxy) is 3. The molecule has 0 radical (unpaired) electrons. The van der Waals surface area contributed by atoms with Gasteiger partial charge in [0.05, 0.1) is 44.5 Å². The molecular formula is C32H41N3O7. The van der Waals surface area contributed by atoms with Gasteiger partial charge in [0.25, 0.3) is 0 Å². The minimum absolute atomic E-state index is 0.225. The van der Waals surface area contributed by atoms with Gasteiger partial charge in [-0.3, -0.25) is 19.3 Å². The molecule has 0 aliphatic carbocycles. The van der Waals surface area contributed by atoms with Crippen LogP contribution in [0.25, 0.3) is 0 Å². The molecule has 0 bridgehead atoms. The van der Waals surface area contributed by atoms with Crippen molar-refractivity contribution in [3.8, 4) is 0 Å². The average molecular weight is 580 g/mol. The molecule has 5 aliphatic rings. The topological polar surface area (TPSA) is 109 Å². The first kappa shape index (κ1) is 29.0. The average Bonchev–Trinajstić information content (AvgIpc) is 3.41. The van der Waals surface area contributed by atoms with Gasteiger partial charge in [-0.1, -0.05) is 54.6 Å². The largest absolute Gasteiger partial charge is 0.465 e. The van der Waals surface area contributed by atoms with Crippen molar-refractivity contribution in [3.63, 3.8) is 0 Å². The second-order valence-corrected chi connectivity index (χ2v) is 11.8. The summed E-state index contributed by atoms with van der Waals surface area (Å²) < 4.78 is 17.9. The number of aliphatic hydroxyl groups excluding tert-OH is 1. The number of likely N-dealkylation sites (tertiary alicyclic amines) is 1. The fourth-order valence-corrected chi connectivity index (χ4v) is 7.22. The molecule has 1 aromatic rings. The molecule has 1 N–H and O–H groups in total. The number of morpholine rings is 1. The van der Waals surface area contributed by atoms with Crippen molar-refractivity contribution >= 4 is 17.8 Å². The van der Waals surface area contributed by atoms with Crippen molar-refractivity contribution in [1.82, 2.24) is 14.7 Å². The zero-order valence-electron chi connectivity index (χ0n) is 24.0. The maximum atomic E-state index is 14.6. The van der Waals surface area contributed by atoms with Crippen molar-refractivity contribution in [3.05, 3.63) is 60.2 Å². The van der Waals surface area contributed by atoms with Crippen LogP contribution in [-0.2, 0) is 35.0 Å². The van der Waals surface area contributed by atoms with Crippen LogP contribution >= 0.6 is 0 Å². The van der Waals surface area contributed by atoms with E-state index in [0.717, 1.165) is 37.9 Å². The number of carbonyl (C=O) groups is 3. The van der Waals surface area contributed by atoms with E-state index in [4.69, 9.17) is 14.2 Å². The van der Waals surface area contributed by atoms with Crippen molar-refractivity contribution in [2.24, 2.45) is 11.8 Å². The second kappa shape index (κ2) is 12.7. The van der Waals surface area contributed by atoms with Gasteiger partial charge in [0.15, 0.2) is 0 Å². The van der Waals surface area contributed by atoms with Crippen molar-refractivity contribution in [2.45, 2.75) is 49.5 Å². The lowest BCUT2D eigenvalue weighted by Crippen LogP contribution is -2.59. The van der Waals surface area contributed by atoms with E-state index in [0.29, 0.717) is 39.3 Å². The van der Waals surface area contributed by atoms with E-state index in [-0.39, 0.29) is 25.0 Å². The summed E-state index contributed by atoms with van der Waals surface area (Å²) in [5.74, 6) is -2.86. The van der Waals surface area contributed by atoms with Crippen LogP contribution in [0.3, 0.4) is 0 Å². The number of amides is 2. The molecule has 5 heterocycles. The monoisotopic (exact) mass is 579 g/mol. The van der Waals surface area contributed by atoms with Gasteiger partial charge in [0, 0.05) is 32.7 Å². The molecule has 0 saturated carbocycles. The maximum absolute atomic E-state index is 14.6. The van der Waals surface area contributed by atoms with Gasteiger partial charge < -0.3 is 29.1 Å². The number of aliphatic hydroxyl groups is 1. The molecule has 6 rings (SSSR count). The third-order valence-corrected chi connectivity index (χ3v) is 9.33. The number of esters is 1. The van der Waals surface area contributed by atoms with Crippen LogP contribution in [0, 0.1) is 11.8 Å². The molecule has 3 fully saturated rings. The summed E-state index contributed by atoms with van der Waals surface area (Å²) in [7, 11) is 0. The van der Waals surface area contributed by atoms with Crippen LogP contribution < -0.4 is 0 Å². The first-order valence-corrected chi connectivity index (χ1v) is 15.3. The minimum Gasteiger partial charge on any atom is -0.465 e. The predicted molar refractivity (Wildman–Crippen MR) is 153 cm³/mol. The van der Waals surface area contributed by atoms with Crippen LogP contribution in [0.15, 0.2) is 54.6 Å². The zero-order chi connectivity index (χ0) is 29.1. The van der Waals surface area contributed by atoms with Crippen LogP contribution in [0.2, 0.25) is 0 Å². The smallest absolute Gasteiger partial charge is 0.312 e. The summed E-state index contributed by atoms with van der Waals surface area (Å²) in [5, 5.41) is 10.6. The SMILES string of the molecule is O=C1OCCCC/C=C\[C@H]2O[C@]34C=CCN(CCN5CCOCC5)C(=O)C3N([C@@H](CO)Cc3ccccc3)C(=O)[C@@H]4[C@@H]12. The Bertz CT molecular complexity index is 1200. The number of allylic oxidation sites excluding steroid dienone is 1. The predicted octanol–water partition coefficient (Wildman–Crippen LogP) is 1.18. The van der Waals surface area contributed by atoms with E-state index in [1.165, 1.54) is 4.90 Å². The summed E-state index contributed by atoms with van der Waals surface area (Å²) in [4.78, 5) is 48.2. The summed E-state index contributed by atoms with van der Waals surface area (Å²) in [6.07, 6.45) is 9.75. The Kier molecular flexibility index (Phi) is 8.76. The van der Waals surface area contributed by atoms with Gasteiger partial charge in [-0.2, -0.15) is 0 Å². The molecule has 10 nitrogen and oxygen atoms in total. The van der Waals surface area contributed by atoms with E-state index < -0.39 is 41.6 Å². The van der Waals surface area contributed by atoms with E-state index in [1.54, 1.807) is 4.90 Å².